The van der Waals surface area contributed by atoms with Gasteiger partial charge in [-0.15, -0.1) is 0 Å². The van der Waals surface area contributed by atoms with Gasteiger partial charge >= 0.3 is 0 Å². The maximum atomic E-state index is 11.9. The number of aromatic nitrogens is 2. The average molecular weight is 299 g/mol. The van der Waals surface area contributed by atoms with Gasteiger partial charge in [0.1, 0.15) is 17.6 Å². The summed E-state index contributed by atoms with van der Waals surface area (Å²) in [5.41, 5.74) is 0. The van der Waals surface area contributed by atoms with Crippen LogP contribution in [0.3, 0.4) is 0 Å². The molecule has 2 heterocycles. The van der Waals surface area contributed by atoms with E-state index in [2.05, 4.69) is 15.3 Å². The first-order valence-electron chi connectivity index (χ1n) is 6.73. The van der Waals surface area contributed by atoms with E-state index in [1.54, 1.807) is 13.2 Å². The highest BCUT2D eigenvalue weighted by atomic mass is 35.5. The van der Waals surface area contributed by atoms with Gasteiger partial charge in [0.15, 0.2) is 5.82 Å². The van der Waals surface area contributed by atoms with Gasteiger partial charge in [-0.2, -0.15) is 0 Å². The van der Waals surface area contributed by atoms with Crippen LogP contribution in [-0.4, -0.2) is 47.5 Å². The Bertz CT molecular complexity index is 464. The Morgan fingerprint density at radius 1 is 1.45 bits per heavy atom. The molecule has 0 saturated carbocycles. The van der Waals surface area contributed by atoms with E-state index in [0.717, 1.165) is 25.9 Å². The maximum absolute atomic E-state index is 11.9. The molecule has 20 heavy (non-hydrogen) atoms. The van der Waals surface area contributed by atoms with Crippen molar-refractivity contribution in [3.05, 3.63) is 17.0 Å². The van der Waals surface area contributed by atoms with Gasteiger partial charge in [0.2, 0.25) is 5.91 Å². The fraction of sp³-hybridized carbons (Fsp3) is 0.615. The molecule has 1 saturated heterocycles. The number of likely N-dealkylation sites (tertiary alicyclic amines) is 1. The number of nitrogens with zero attached hydrogens (tertiary/aromatic N) is 3. The van der Waals surface area contributed by atoms with Crippen LogP contribution in [0.2, 0.25) is 5.15 Å². The van der Waals surface area contributed by atoms with Crippen LogP contribution in [0, 0.1) is 0 Å². The molecule has 0 bridgehead atoms. The van der Waals surface area contributed by atoms with Gasteiger partial charge in [-0.25, -0.2) is 9.97 Å². The van der Waals surface area contributed by atoms with E-state index in [0.29, 0.717) is 36.4 Å². The maximum Gasteiger partial charge on any atom is 0.224 e. The number of anilines is 1. The van der Waals surface area contributed by atoms with Gasteiger partial charge in [-0.05, 0) is 12.8 Å². The zero-order valence-electron chi connectivity index (χ0n) is 11.6. The van der Waals surface area contributed by atoms with Crippen molar-refractivity contribution in [1.82, 2.24) is 14.9 Å². The van der Waals surface area contributed by atoms with Gasteiger partial charge in [-0.1, -0.05) is 11.6 Å². The van der Waals surface area contributed by atoms with Crippen LogP contribution < -0.4 is 5.32 Å². The van der Waals surface area contributed by atoms with E-state index in [4.69, 9.17) is 16.3 Å². The predicted molar refractivity (Wildman–Crippen MR) is 76.7 cm³/mol. The van der Waals surface area contributed by atoms with Gasteiger partial charge in [0, 0.05) is 39.2 Å². The lowest BCUT2D eigenvalue weighted by atomic mass is 10.3. The van der Waals surface area contributed by atoms with Gasteiger partial charge in [0.05, 0.1) is 0 Å². The number of nitrogens with one attached hydrogen (secondary N) is 1. The van der Waals surface area contributed by atoms with Gasteiger partial charge in [-0.3, -0.25) is 4.79 Å². The molecule has 0 aromatic carbocycles. The highest BCUT2D eigenvalue weighted by molar-refractivity contribution is 6.29. The standard InChI is InChI=1S/C13H19ClN4O2/c1-20-9-12-16-10(14)8-11(17-12)15-5-4-13(19)18-6-2-3-7-18/h8H,2-7,9H2,1H3,(H,15,16,17). The van der Waals surface area contributed by atoms with Gasteiger partial charge < -0.3 is 15.0 Å². The zero-order valence-corrected chi connectivity index (χ0v) is 12.3. The van der Waals surface area contributed by atoms with Crippen molar-refractivity contribution in [3.8, 4) is 0 Å². The summed E-state index contributed by atoms with van der Waals surface area (Å²) >= 11 is 5.91. The number of carbonyl (C=O) groups excluding carboxylic acids is 1. The number of carbonyl (C=O) groups is 1. The molecule has 0 spiro atoms. The summed E-state index contributed by atoms with van der Waals surface area (Å²) in [6, 6.07) is 1.64. The lowest BCUT2D eigenvalue weighted by Gasteiger charge is -2.15. The molecule has 0 unspecified atom stereocenters. The Hall–Kier alpha value is -1.40. The largest absolute Gasteiger partial charge is 0.377 e. The van der Waals surface area contributed by atoms with Crippen LogP contribution in [-0.2, 0) is 16.1 Å². The Labute approximate surface area is 123 Å². The minimum Gasteiger partial charge on any atom is -0.377 e. The lowest BCUT2D eigenvalue weighted by Crippen LogP contribution is -2.29. The van der Waals surface area contributed by atoms with E-state index in [9.17, 15) is 4.79 Å². The third-order valence-electron chi connectivity index (χ3n) is 3.12. The third kappa shape index (κ3) is 4.31. The molecule has 7 heteroatoms. The summed E-state index contributed by atoms with van der Waals surface area (Å²) in [6.45, 7) is 2.61. The number of amides is 1. The molecule has 1 N–H and O–H groups in total. The van der Waals surface area contributed by atoms with E-state index in [1.165, 1.54) is 0 Å². The summed E-state index contributed by atoms with van der Waals surface area (Å²) in [4.78, 5) is 22.1. The fourth-order valence-electron chi connectivity index (χ4n) is 2.17. The van der Waals surface area contributed by atoms with Crippen molar-refractivity contribution in [2.45, 2.75) is 25.9 Å². The second-order valence-electron chi connectivity index (χ2n) is 4.69. The summed E-state index contributed by atoms with van der Waals surface area (Å²) in [6.07, 6.45) is 2.68. The van der Waals surface area contributed by atoms with Crippen LogP contribution in [0.25, 0.3) is 0 Å². The molecule has 1 amide bonds. The van der Waals surface area contributed by atoms with Gasteiger partial charge in [0.25, 0.3) is 0 Å². The van der Waals surface area contributed by atoms with Crippen molar-refractivity contribution in [1.29, 1.82) is 0 Å². The first kappa shape index (κ1) is 15.0. The van der Waals surface area contributed by atoms with E-state index >= 15 is 0 Å². The average Bonchev–Trinajstić information content (AvgIpc) is 2.92. The Morgan fingerprint density at radius 3 is 2.90 bits per heavy atom. The quantitative estimate of drug-likeness (QED) is 0.810. The molecule has 0 radical (unpaired) electrons. The molecule has 6 nitrogen and oxygen atoms in total. The molecular formula is C13H19ClN4O2. The smallest absolute Gasteiger partial charge is 0.224 e. The normalized spacial score (nSPS) is 14.6. The van der Waals surface area contributed by atoms with Crippen LogP contribution in [0.15, 0.2) is 6.07 Å². The van der Waals surface area contributed by atoms with E-state index < -0.39 is 0 Å². The number of hydrogen-bond donors (Lipinski definition) is 1. The Morgan fingerprint density at radius 2 is 2.20 bits per heavy atom. The van der Waals surface area contributed by atoms with Crippen molar-refractivity contribution >= 4 is 23.3 Å². The molecule has 110 valence electrons. The minimum absolute atomic E-state index is 0.187. The first-order valence-corrected chi connectivity index (χ1v) is 7.11. The van der Waals surface area contributed by atoms with Crippen molar-refractivity contribution in [3.63, 3.8) is 0 Å². The first-order chi connectivity index (χ1) is 9.69. The summed E-state index contributed by atoms with van der Waals surface area (Å²) in [5, 5.41) is 3.46. The molecule has 0 atom stereocenters. The van der Waals surface area contributed by atoms with E-state index in [-0.39, 0.29) is 5.91 Å². The monoisotopic (exact) mass is 298 g/mol. The van der Waals surface area contributed by atoms with E-state index in [1.807, 2.05) is 4.90 Å². The predicted octanol–water partition coefficient (Wildman–Crippen LogP) is 1.70. The molecular weight excluding hydrogens is 280 g/mol. The molecule has 1 aromatic rings. The summed E-state index contributed by atoms with van der Waals surface area (Å²) in [5.74, 6) is 1.33. The SMILES string of the molecule is COCc1nc(Cl)cc(NCCC(=O)N2CCCC2)n1. The fourth-order valence-corrected chi connectivity index (χ4v) is 2.37. The zero-order chi connectivity index (χ0) is 14.4. The summed E-state index contributed by atoms with van der Waals surface area (Å²) < 4.78 is 4.98. The molecule has 2 rings (SSSR count). The highest BCUT2D eigenvalue weighted by Crippen LogP contribution is 2.13. The van der Waals surface area contributed by atoms with Crippen LogP contribution in [0.4, 0.5) is 5.82 Å². The van der Waals surface area contributed by atoms with Crippen LogP contribution in [0.5, 0.6) is 0 Å². The Balaban J connectivity index is 1.82. The van der Waals surface area contributed by atoms with Crippen LogP contribution in [0.1, 0.15) is 25.1 Å². The number of ether oxygens (including phenoxy) is 1. The molecule has 1 aliphatic heterocycles. The number of methoxy groups -OCH3 is 1. The second-order valence-corrected chi connectivity index (χ2v) is 5.08. The minimum atomic E-state index is 0.187. The van der Waals surface area contributed by atoms with Crippen molar-refractivity contribution < 1.29 is 9.53 Å². The van der Waals surface area contributed by atoms with Crippen molar-refractivity contribution in [2.24, 2.45) is 0 Å². The summed E-state index contributed by atoms with van der Waals surface area (Å²) in [7, 11) is 1.58. The number of halogens is 1. The molecule has 1 aromatic heterocycles. The topological polar surface area (TPSA) is 67.3 Å². The molecule has 1 aliphatic rings. The molecule has 0 aliphatic carbocycles. The third-order valence-corrected chi connectivity index (χ3v) is 3.31. The number of hydrogen-bond acceptors (Lipinski definition) is 5. The lowest BCUT2D eigenvalue weighted by molar-refractivity contribution is -0.129. The second kappa shape index (κ2) is 7.40. The van der Waals surface area contributed by atoms with Crippen molar-refractivity contribution in [2.75, 3.05) is 32.1 Å². The number of rotatable bonds is 6. The van der Waals surface area contributed by atoms with Crippen LogP contribution >= 0.6 is 11.6 Å². The highest BCUT2D eigenvalue weighted by Gasteiger charge is 2.17. The molecule has 1 fully saturated rings. The Kier molecular flexibility index (Phi) is 5.55.